The maximum atomic E-state index is 4.67. The van der Waals surface area contributed by atoms with E-state index in [2.05, 4.69) is 131 Å². The summed E-state index contributed by atoms with van der Waals surface area (Å²) in [5.74, 6) is 1.63. The normalized spacial score (nSPS) is 13.5. The molecule has 1 aliphatic rings. The molecule has 0 unspecified atom stereocenters. The summed E-state index contributed by atoms with van der Waals surface area (Å²) < 4.78 is 2.14. The van der Waals surface area contributed by atoms with Gasteiger partial charge in [0.2, 0.25) is 0 Å². The van der Waals surface area contributed by atoms with Crippen LogP contribution < -0.4 is 4.90 Å². The highest BCUT2D eigenvalue weighted by atomic mass is 15.3. The van der Waals surface area contributed by atoms with Gasteiger partial charge in [-0.15, -0.1) is 10.2 Å². The number of anilines is 3. The van der Waals surface area contributed by atoms with E-state index in [1.807, 2.05) is 36.4 Å². The molecule has 0 aliphatic carbocycles. The number of fused-ring (bicyclic) bond motifs is 2. The minimum Gasteiger partial charge on any atom is -0.310 e. The summed E-state index contributed by atoms with van der Waals surface area (Å²) in [5.41, 5.74) is 9.18. The first-order valence-electron chi connectivity index (χ1n) is 13.3. The lowest BCUT2D eigenvalue weighted by Gasteiger charge is -2.42. The molecular formula is C35H28N4. The molecule has 6 aromatic rings. The molecule has 4 heteroatoms. The van der Waals surface area contributed by atoms with Crippen molar-refractivity contribution in [2.45, 2.75) is 19.3 Å². The van der Waals surface area contributed by atoms with Gasteiger partial charge in [0, 0.05) is 27.9 Å². The van der Waals surface area contributed by atoms with Crippen molar-refractivity contribution in [3.8, 4) is 28.5 Å². The summed E-state index contributed by atoms with van der Waals surface area (Å²) in [6, 6.07) is 46.7. The molecule has 2 heterocycles. The molecule has 1 aliphatic heterocycles. The Morgan fingerprint density at radius 1 is 0.462 bits per heavy atom. The number of rotatable bonds is 4. The number of para-hydroxylation sites is 3. The van der Waals surface area contributed by atoms with Gasteiger partial charge in [-0.3, -0.25) is 4.57 Å². The predicted octanol–water partition coefficient (Wildman–Crippen LogP) is 8.71. The van der Waals surface area contributed by atoms with E-state index in [0.29, 0.717) is 0 Å². The predicted molar refractivity (Wildman–Crippen MR) is 159 cm³/mol. The summed E-state index contributed by atoms with van der Waals surface area (Å²) in [6.45, 7) is 4.62. The van der Waals surface area contributed by atoms with Crippen LogP contribution in [0.15, 0.2) is 133 Å². The van der Waals surface area contributed by atoms with Crippen LogP contribution in [0.4, 0.5) is 17.1 Å². The molecule has 0 bridgehead atoms. The van der Waals surface area contributed by atoms with E-state index in [0.717, 1.165) is 34.2 Å². The summed E-state index contributed by atoms with van der Waals surface area (Å²) in [6.07, 6.45) is 0. The van der Waals surface area contributed by atoms with E-state index in [1.54, 1.807) is 0 Å². The molecule has 4 nitrogen and oxygen atoms in total. The molecule has 0 N–H and O–H groups in total. The highest BCUT2D eigenvalue weighted by Crippen LogP contribution is 2.51. The number of nitrogens with zero attached hydrogens (tertiary/aromatic N) is 4. The fourth-order valence-corrected chi connectivity index (χ4v) is 5.77. The van der Waals surface area contributed by atoms with E-state index < -0.39 is 0 Å². The molecule has 0 fully saturated rings. The zero-order chi connectivity index (χ0) is 26.4. The van der Waals surface area contributed by atoms with Crippen molar-refractivity contribution in [2.24, 2.45) is 0 Å². The van der Waals surface area contributed by atoms with Gasteiger partial charge in [-0.05, 0) is 59.7 Å². The average Bonchev–Trinajstić information content (AvgIpc) is 3.44. The zero-order valence-electron chi connectivity index (χ0n) is 22.0. The Morgan fingerprint density at radius 2 is 0.923 bits per heavy atom. The maximum absolute atomic E-state index is 4.67. The van der Waals surface area contributed by atoms with Crippen molar-refractivity contribution in [2.75, 3.05) is 4.90 Å². The van der Waals surface area contributed by atoms with E-state index in [4.69, 9.17) is 0 Å². The van der Waals surface area contributed by atoms with Gasteiger partial charge in [-0.2, -0.15) is 0 Å². The number of benzene rings is 5. The Balaban J connectivity index is 1.35. The van der Waals surface area contributed by atoms with Crippen molar-refractivity contribution >= 4 is 17.1 Å². The molecule has 0 saturated heterocycles. The first-order chi connectivity index (χ1) is 19.1. The lowest BCUT2D eigenvalue weighted by molar-refractivity contribution is 0.632. The first-order valence-corrected chi connectivity index (χ1v) is 13.3. The van der Waals surface area contributed by atoms with E-state index in [9.17, 15) is 0 Å². The van der Waals surface area contributed by atoms with Gasteiger partial charge in [0.25, 0.3) is 0 Å². The second-order valence-corrected chi connectivity index (χ2v) is 10.4. The molecule has 188 valence electrons. The Morgan fingerprint density at radius 3 is 1.49 bits per heavy atom. The second-order valence-electron chi connectivity index (χ2n) is 10.4. The van der Waals surface area contributed by atoms with E-state index in [1.165, 1.54) is 22.5 Å². The Labute approximate surface area is 228 Å². The lowest BCUT2D eigenvalue weighted by Crippen LogP contribution is -2.30. The van der Waals surface area contributed by atoms with Gasteiger partial charge in [0.05, 0.1) is 11.4 Å². The Kier molecular flexibility index (Phi) is 5.41. The van der Waals surface area contributed by atoms with Crippen LogP contribution in [-0.2, 0) is 5.41 Å². The molecule has 0 radical (unpaired) electrons. The Bertz CT molecular complexity index is 1720. The highest BCUT2D eigenvalue weighted by molar-refractivity contribution is 5.86. The van der Waals surface area contributed by atoms with E-state index >= 15 is 0 Å². The van der Waals surface area contributed by atoms with Crippen molar-refractivity contribution < 1.29 is 0 Å². The monoisotopic (exact) mass is 504 g/mol. The molecule has 1 aromatic heterocycles. The first kappa shape index (κ1) is 23.2. The molecule has 0 atom stereocenters. The van der Waals surface area contributed by atoms with Crippen LogP contribution in [0.5, 0.6) is 0 Å². The second kappa shape index (κ2) is 9.10. The van der Waals surface area contributed by atoms with Crippen LogP contribution >= 0.6 is 0 Å². The van der Waals surface area contributed by atoms with Gasteiger partial charge >= 0.3 is 0 Å². The summed E-state index contributed by atoms with van der Waals surface area (Å²) in [7, 11) is 0. The fraction of sp³-hybridized carbons (Fsp3) is 0.0857. The fourth-order valence-electron chi connectivity index (χ4n) is 5.77. The third kappa shape index (κ3) is 3.76. The standard InChI is InChI=1S/C35H28N4/c1-35(2)29-17-9-11-19-31(29)38(32-20-12-10-18-30(32)35)28-23-21-26(22-24-28)34-37-36-33(25-13-5-3-6-14-25)39(34)27-15-7-4-8-16-27/h3-24H,1-2H3. The number of aromatic nitrogens is 3. The minimum atomic E-state index is -0.0798. The average molecular weight is 505 g/mol. The van der Waals surface area contributed by atoms with Crippen LogP contribution in [-0.4, -0.2) is 14.8 Å². The SMILES string of the molecule is CC1(C)c2ccccc2N(c2ccc(-c3nnc(-c4ccccc4)n3-c3ccccc3)cc2)c2ccccc21. The lowest BCUT2D eigenvalue weighted by atomic mass is 9.73. The quantitative estimate of drug-likeness (QED) is 0.241. The van der Waals surface area contributed by atoms with Crippen LogP contribution in [0.25, 0.3) is 28.5 Å². The molecule has 5 aromatic carbocycles. The largest absolute Gasteiger partial charge is 0.310 e. The van der Waals surface area contributed by atoms with Gasteiger partial charge in [0.1, 0.15) is 0 Å². The van der Waals surface area contributed by atoms with Crippen molar-refractivity contribution in [3.63, 3.8) is 0 Å². The van der Waals surface area contributed by atoms with Gasteiger partial charge in [-0.25, -0.2) is 0 Å². The third-order valence-electron chi connectivity index (χ3n) is 7.73. The third-order valence-corrected chi connectivity index (χ3v) is 7.73. The molecule has 0 spiro atoms. The van der Waals surface area contributed by atoms with Crippen LogP contribution in [0, 0.1) is 0 Å². The van der Waals surface area contributed by atoms with Crippen molar-refractivity contribution in [3.05, 3.63) is 145 Å². The molecular weight excluding hydrogens is 476 g/mol. The Hall–Kier alpha value is -4.96. The number of hydrogen-bond donors (Lipinski definition) is 0. The van der Waals surface area contributed by atoms with Gasteiger partial charge < -0.3 is 4.90 Å². The summed E-state index contributed by atoms with van der Waals surface area (Å²) in [5, 5.41) is 9.30. The molecule has 0 saturated carbocycles. The molecule has 7 rings (SSSR count). The topological polar surface area (TPSA) is 34.0 Å². The minimum absolute atomic E-state index is 0.0798. The molecule has 0 amide bonds. The zero-order valence-corrected chi connectivity index (χ0v) is 22.0. The molecule has 39 heavy (non-hydrogen) atoms. The smallest absolute Gasteiger partial charge is 0.168 e. The maximum Gasteiger partial charge on any atom is 0.168 e. The van der Waals surface area contributed by atoms with E-state index in [-0.39, 0.29) is 5.41 Å². The highest BCUT2D eigenvalue weighted by Gasteiger charge is 2.36. The van der Waals surface area contributed by atoms with Crippen LogP contribution in [0.3, 0.4) is 0 Å². The number of hydrogen-bond acceptors (Lipinski definition) is 3. The van der Waals surface area contributed by atoms with Crippen molar-refractivity contribution in [1.82, 2.24) is 14.8 Å². The van der Waals surface area contributed by atoms with Crippen LogP contribution in [0.1, 0.15) is 25.0 Å². The van der Waals surface area contributed by atoms with Gasteiger partial charge in [0.15, 0.2) is 11.6 Å². The van der Waals surface area contributed by atoms with Crippen LogP contribution in [0.2, 0.25) is 0 Å². The van der Waals surface area contributed by atoms with Crippen molar-refractivity contribution in [1.29, 1.82) is 0 Å². The van der Waals surface area contributed by atoms with Gasteiger partial charge in [-0.1, -0.05) is 98.8 Å². The summed E-state index contributed by atoms with van der Waals surface area (Å²) in [4.78, 5) is 2.37. The summed E-state index contributed by atoms with van der Waals surface area (Å²) >= 11 is 0.